The number of allylic oxidation sites excluding steroid dienone is 1. The van der Waals surface area contributed by atoms with Gasteiger partial charge in [-0.15, -0.1) is 0 Å². The summed E-state index contributed by atoms with van der Waals surface area (Å²) in [7, 11) is 0. The van der Waals surface area contributed by atoms with Gasteiger partial charge in [-0.2, -0.15) is 0 Å². The van der Waals surface area contributed by atoms with Gasteiger partial charge in [0.1, 0.15) is 11.5 Å². The van der Waals surface area contributed by atoms with Gasteiger partial charge < -0.3 is 14.6 Å². The van der Waals surface area contributed by atoms with E-state index in [2.05, 4.69) is 0 Å². The van der Waals surface area contributed by atoms with Gasteiger partial charge in [-0.3, -0.25) is 4.79 Å². The predicted molar refractivity (Wildman–Crippen MR) is 87.9 cm³/mol. The summed E-state index contributed by atoms with van der Waals surface area (Å²) in [6.07, 6.45) is 3.04. The molecule has 0 atom stereocenters. The Hall–Kier alpha value is -2.30. The van der Waals surface area contributed by atoms with Crippen LogP contribution in [-0.2, 0) is 11.3 Å². The van der Waals surface area contributed by atoms with E-state index in [0.29, 0.717) is 22.9 Å². The smallest absolute Gasteiger partial charge is 0.189 e. The zero-order chi connectivity index (χ0) is 16.4. The lowest BCUT2D eigenvalue weighted by atomic mass is 10.0. The van der Waals surface area contributed by atoms with Gasteiger partial charge in [0, 0.05) is 16.1 Å². The molecule has 0 spiro atoms. The molecule has 0 saturated heterocycles. The maximum Gasteiger partial charge on any atom is 0.189 e. The summed E-state index contributed by atoms with van der Waals surface area (Å²) in [5.41, 5.74) is 2.71. The Morgan fingerprint density at radius 1 is 1.30 bits per heavy atom. The normalized spacial score (nSPS) is 13.7. The quantitative estimate of drug-likeness (QED) is 0.679. The molecule has 0 aromatic heterocycles. The van der Waals surface area contributed by atoms with Crippen molar-refractivity contribution < 1.29 is 19.4 Å². The molecule has 1 heterocycles. The molecule has 0 bridgehead atoms. The van der Waals surface area contributed by atoms with Gasteiger partial charge in [-0.1, -0.05) is 23.2 Å². The van der Waals surface area contributed by atoms with Crippen LogP contribution in [0.3, 0.4) is 0 Å². The first-order chi connectivity index (χ1) is 11.0. The Kier molecular flexibility index (Phi) is 4.37. The van der Waals surface area contributed by atoms with Crippen LogP contribution in [0.1, 0.15) is 27.0 Å². The molecule has 0 radical (unpaired) electrons. The first-order valence-electron chi connectivity index (χ1n) is 7.09. The molecule has 0 fully saturated rings. The highest BCUT2D eigenvalue weighted by Gasteiger charge is 2.15. The maximum absolute atomic E-state index is 12.3. The molecule has 5 heteroatoms. The van der Waals surface area contributed by atoms with Crippen molar-refractivity contribution in [1.29, 1.82) is 0 Å². The van der Waals surface area contributed by atoms with Gasteiger partial charge in [0.25, 0.3) is 0 Å². The number of phenols is 1. The first-order valence-corrected chi connectivity index (χ1v) is 7.47. The molecule has 0 saturated carbocycles. The lowest BCUT2D eigenvalue weighted by Gasteiger charge is -2.19. The minimum atomic E-state index is -0.285. The highest BCUT2D eigenvalue weighted by molar-refractivity contribution is 6.30. The summed E-state index contributed by atoms with van der Waals surface area (Å²) in [6.45, 7) is 2.45. The number of aromatic hydroxyl groups is 1. The number of hydrogen-bond acceptors (Lipinski definition) is 4. The van der Waals surface area contributed by atoms with Gasteiger partial charge in [-0.25, -0.2) is 0 Å². The maximum atomic E-state index is 12.3. The molecule has 1 aliphatic rings. The van der Waals surface area contributed by atoms with E-state index in [9.17, 15) is 9.90 Å². The van der Waals surface area contributed by atoms with Crippen molar-refractivity contribution >= 4 is 23.5 Å². The van der Waals surface area contributed by atoms with E-state index in [1.807, 2.05) is 6.92 Å². The summed E-state index contributed by atoms with van der Waals surface area (Å²) < 4.78 is 10.7. The van der Waals surface area contributed by atoms with Gasteiger partial charge in [-0.05, 0) is 43.3 Å². The monoisotopic (exact) mass is 330 g/mol. The average molecular weight is 331 g/mol. The zero-order valence-electron chi connectivity index (χ0n) is 12.5. The molecule has 2 aromatic carbocycles. The molecular formula is C18H15ClO4. The fourth-order valence-electron chi connectivity index (χ4n) is 2.43. The third-order valence-corrected chi connectivity index (χ3v) is 3.75. The number of ketones is 1. The Balaban J connectivity index is 1.92. The van der Waals surface area contributed by atoms with Crippen molar-refractivity contribution in [3.8, 4) is 11.5 Å². The molecular weight excluding hydrogens is 316 g/mol. The van der Waals surface area contributed by atoms with Gasteiger partial charge >= 0.3 is 0 Å². The lowest BCUT2D eigenvalue weighted by molar-refractivity contribution is -0.0165. The third kappa shape index (κ3) is 3.38. The van der Waals surface area contributed by atoms with Crippen molar-refractivity contribution in [2.75, 3.05) is 6.79 Å². The van der Waals surface area contributed by atoms with E-state index in [4.69, 9.17) is 21.1 Å². The van der Waals surface area contributed by atoms with Crippen LogP contribution >= 0.6 is 11.6 Å². The number of carbonyl (C=O) groups is 1. The minimum absolute atomic E-state index is 0.0389. The number of rotatable bonds is 3. The van der Waals surface area contributed by atoms with Crippen LogP contribution in [0.25, 0.3) is 6.08 Å². The van der Waals surface area contributed by atoms with Crippen LogP contribution in [-0.4, -0.2) is 17.7 Å². The number of halogens is 1. The van der Waals surface area contributed by atoms with E-state index >= 15 is 0 Å². The Bertz CT molecular complexity index is 796. The van der Waals surface area contributed by atoms with Crippen LogP contribution < -0.4 is 4.74 Å². The van der Waals surface area contributed by atoms with Crippen LogP contribution in [0.2, 0.25) is 5.02 Å². The molecule has 2 aromatic rings. The summed E-state index contributed by atoms with van der Waals surface area (Å²) in [4.78, 5) is 12.3. The highest BCUT2D eigenvalue weighted by Crippen LogP contribution is 2.32. The van der Waals surface area contributed by atoms with E-state index in [1.54, 1.807) is 30.3 Å². The van der Waals surface area contributed by atoms with Crippen molar-refractivity contribution in [3.63, 3.8) is 0 Å². The summed E-state index contributed by atoms with van der Waals surface area (Å²) in [5, 5.41) is 10.4. The molecule has 4 nitrogen and oxygen atoms in total. The van der Waals surface area contributed by atoms with Crippen molar-refractivity contribution in [3.05, 3.63) is 63.7 Å². The van der Waals surface area contributed by atoms with Crippen molar-refractivity contribution in [2.45, 2.75) is 13.5 Å². The average Bonchev–Trinajstić information content (AvgIpc) is 2.54. The van der Waals surface area contributed by atoms with Crippen LogP contribution in [0.15, 0.2) is 36.4 Å². The molecule has 0 unspecified atom stereocenters. The van der Waals surface area contributed by atoms with E-state index < -0.39 is 0 Å². The Morgan fingerprint density at radius 2 is 2.13 bits per heavy atom. The number of carbonyl (C=O) groups excluding carboxylic acids is 1. The van der Waals surface area contributed by atoms with Gasteiger partial charge in [0.05, 0.1) is 12.2 Å². The minimum Gasteiger partial charge on any atom is -0.507 e. The van der Waals surface area contributed by atoms with Crippen LogP contribution in [0.4, 0.5) is 0 Å². The SMILES string of the molecule is Cc1ccc(O)c(C(=O)/C=C/c2cc(Cl)cc3c2OCOC3)c1. The predicted octanol–water partition coefficient (Wildman–Crippen LogP) is 4.12. The largest absolute Gasteiger partial charge is 0.507 e. The second-order valence-corrected chi connectivity index (χ2v) is 5.75. The number of hydrogen-bond donors (Lipinski definition) is 1. The van der Waals surface area contributed by atoms with E-state index in [-0.39, 0.29) is 23.9 Å². The molecule has 0 amide bonds. The molecule has 1 aliphatic heterocycles. The highest BCUT2D eigenvalue weighted by atomic mass is 35.5. The summed E-state index contributed by atoms with van der Waals surface area (Å²) in [6, 6.07) is 8.42. The fraction of sp³-hybridized carbons (Fsp3) is 0.167. The molecule has 118 valence electrons. The fourth-order valence-corrected chi connectivity index (χ4v) is 2.68. The van der Waals surface area contributed by atoms with Gasteiger partial charge in [0.2, 0.25) is 0 Å². The second-order valence-electron chi connectivity index (χ2n) is 5.31. The summed E-state index contributed by atoms with van der Waals surface area (Å²) in [5.74, 6) is 0.341. The Labute approximate surface area is 138 Å². The Morgan fingerprint density at radius 3 is 2.96 bits per heavy atom. The second kappa shape index (κ2) is 6.44. The molecule has 1 N–H and O–H groups in total. The van der Waals surface area contributed by atoms with Gasteiger partial charge in [0.15, 0.2) is 12.6 Å². The van der Waals surface area contributed by atoms with E-state index in [1.165, 1.54) is 12.1 Å². The molecule has 3 rings (SSSR count). The number of benzene rings is 2. The molecule has 0 aliphatic carbocycles. The van der Waals surface area contributed by atoms with E-state index in [0.717, 1.165) is 11.1 Å². The van der Waals surface area contributed by atoms with Crippen LogP contribution in [0, 0.1) is 6.92 Å². The first kappa shape index (κ1) is 15.6. The lowest BCUT2D eigenvalue weighted by Crippen LogP contribution is -2.12. The number of ether oxygens (including phenoxy) is 2. The van der Waals surface area contributed by atoms with Crippen molar-refractivity contribution in [1.82, 2.24) is 0 Å². The number of aryl methyl sites for hydroxylation is 1. The standard InChI is InChI=1S/C18H15ClO4/c1-11-2-4-16(20)15(6-11)17(21)5-3-12-7-14(19)8-13-9-22-10-23-18(12)13/h2-8,20H,9-10H2,1H3/b5-3+. The third-order valence-electron chi connectivity index (χ3n) is 3.54. The van der Waals surface area contributed by atoms with Crippen molar-refractivity contribution in [2.24, 2.45) is 0 Å². The van der Waals surface area contributed by atoms with Crippen LogP contribution in [0.5, 0.6) is 11.5 Å². The number of phenolic OH excluding ortho intramolecular Hbond substituents is 1. The zero-order valence-corrected chi connectivity index (χ0v) is 13.3. The number of fused-ring (bicyclic) bond motifs is 1. The summed E-state index contributed by atoms with van der Waals surface area (Å²) >= 11 is 6.09. The topological polar surface area (TPSA) is 55.8 Å². The molecule has 23 heavy (non-hydrogen) atoms.